The molecule has 0 aromatic carbocycles. The van der Waals surface area contributed by atoms with Crippen LogP contribution < -0.4 is 5.56 Å². The summed E-state index contributed by atoms with van der Waals surface area (Å²) in [5.74, 6) is -1.08. The monoisotopic (exact) mass is 328 g/mol. The van der Waals surface area contributed by atoms with Gasteiger partial charge < -0.3 is 4.90 Å². The Morgan fingerprint density at radius 3 is 2.75 bits per heavy atom. The van der Waals surface area contributed by atoms with Crippen molar-refractivity contribution in [3.05, 3.63) is 20.3 Å². The number of rotatable bonds is 2. The van der Waals surface area contributed by atoms with E-state index in [1.54, 1.807) is 0 Å². The molecule has 1 saturated heterocycles. The van der Waals surface area contributed by atoms with Crippen molar-refractivity contribution in [1.82, 2.24) is 9.27 Å². The highest BCUT2D eigenvalue weighted by atomic mass is 35.5. The van der Waals surface area contributed by atoms with Crippen molar-refractivity contribution in [2.24, 2.45) is 5.92 Å². The number of carbonyl (C=O) groups excluding carboxylic acids is 1. The van der Waals surface area contributed by atoms with Crippen molar-refractivity contribution in [2.75, 3.05) is 13.1 Å². The van der Waals surface area contributed by atoms with Gasteiger partial charge in [-0.1, -0.05) is 23.1 Å². The number of carbonyl (C=O) groups is 1. The lowest BCUT2D eigenvalue weighted by Gasteiger charge is -2.32. The van der Waals surface area contributed by atoms with Crippen LogP contribution in [0.4, 0.5) is 13.2 Å². The number of amides is 1. The number of H-pyrrole nitrogens is 1. The van der Waals surface area contributed by atoms with E-state index in [1.807, 2.05) is 0 Å². The van der Waals surface area contributed by atoms with Gasteiger partial charge in [0, 0.05) is 19.5 Å². The summed E-state index contributed by atoms with van der Waals surface area (Å²) in [6.07, 6.45) is -4.16. The van der Waals surface area contributed by atoms with Gasteiger partial charge >= 0.3 is 6.18 Å². The molecule has 1 atom stereocenters. The molecule has 20 heavy (non-hydrogen) atoms. The van der Waals surface area contributed by atoms with E-state index < -0.39 is 30.0 Å². The summed E-state index contributed by atoms with van der Waals surface area (Å²) >= 11 is 6.51. The molecule has 1 aliphatic rings. The van der Waals surface area contributed by atoms with Crippen LogP contribution in [0.1, 0.15) is 28.9 Å². The molecule has 1 amide bonds. The van der Waals surface area contributed by atoms with Gasteiger partial charge in [0.05, 0.1) is 0 Å². The minimum absolute atomic E-state index is 0.0424. The summed E-state index contributed by atoms with van der Waals surface area (Å²) in [4.78, 5) is 24.7. The highest BCUT2D eigenvalue weighted by Gasteiger charge is 2.35. The van der Waals surface area contributed by atoms with Gasteiger partial charge in [-0.2, -0.15) is 13.2 Å². The Morgan fingerprint density at radius 2 is 2.20 bits per heavy atom. The molecule has 0 radical (unpaired) electrons. The lowest BCUT2D eigenvalue weighted by molar-refractivity contribution is -0.147. The van der Waals surface area contributed by atoms with Gasteiger partial charge in [-0.15, -0.1) is 0 Å². The van der Waals surface area contributed by atoms with Gasteiger partial charge in [-0.25, -0.2) is 0 Å². The molecular weight excluding hydrogens is 317 g/mol. The first-order chi connectivity index (χ1) is 9.28. The molecule has 112 valence electrons. The predicted octanol–water partition coefficient (Wildman–Crippen LogP) is 2.89. The third-order valence-corrected chi connectivity index (χ3v) is 4.51. The number of aromatic amines is 1. The first-order valence-corrected chi connectivity index (χ1v) is 7.20. The number of hydrogen-bond donors (Lipinski definition) is 1. The largest absolute Gasteiger partial charge is 0.389 e. The fourth-order valence-electron chi connectivity index (χ4n) is 2.31. The topological polar surface area (TPSA) is 53.2 Å². The highest BCUT2D eigenvalue weighted by molar-refractivity contribution is 7.08. The minimum Gasteiger partial charge on any atom is -0.338 e. The van der Waals surface area contributed by atoms with Gasteiger partial charge in [0.1, 0.15) is 9.90 Å². The Hall–Kier alpha value is -1.02. The summed E-state index contributed by atoms with van der Waals surface area (Å²) in [5.41, 5.74) is -0.552. The number of nitrogens with zero attached hydrogens (tertiary/aromatic N) is 1. The van der Waals surface area contributed by atoms with E-state index in [2.05, 4.69) is 4.37 Å². The average molecular weight is 329 g/mol. The molecule has 0 spiro atoms. The number of hydrogen-bond acceptors (Lipinski definition) is 3. The Bertz CT molecular complexity index is 555. The van der Waals surface area contributed by atoms with Crippen LogP contribution in [0.3, 0.4) is 0 Å². The lowest BCUT2D eigenvalue weighted by atomic mass is 9.94. The summed E-state index contributed by atoms with van der Waals surface area (Å²) in [7, 11) is 0. The zero-order valence-electron chi connectivity index (χ0n) is 10.3. The number of likely N-dealkylation sites (tertiary alicyclic amines) is 1. The van der Waals surface area contributed by atoms with Crippen molar-refractivity contribution >= 4 is 29.0 Å². The first-order valence-electron chi connectivity index (χ1n) is 6.01. The first kappa shape index (κ1) is 15.4. The van der Waals surface area contributed by atoms with Crippen molar-refractivity contribution in [3.8, 4) is 0 Å². The van der Waals surface area contributed by atoms with Crippen molar-refractivity contribution in [3.63, 3.8) is 0 Å². The van der Waals surface area contributed by atoms with Crippen molar-refractivity contribution in [1.29, 1.82) is 0 Å². The SMILES string of the molecule is O=C(c1s[nH]c(=O)c1Cl)N1CCCC(CC(F)(F)F)C1. The second-order valence-electron chi connectivity index (χ2n) is 4.76. The van der Waals surface area contributed by atoms with Crippen molar-refractivity contribution < 1.29 is 18.0 Å². The van der Waals surface area contributed by atoms with Crippen LogP contribution >= 0.6 is 23.1 Å². The zero-order valence-corrected chi connectivity index (χ0v) is 11.9. The number of nitrogens with one attached hydrogen (secondary N) is 1. The van der Waals surface area contributed by atoms with Crippen LogP contribution in [-0.2, 0) is 0 Å². The maximum atomic E-state index is 12.4. The average Bonchev–Trinajstić information content (AvgIpc) is 2.67. The summed E-state index contributed by atoms with van der Waals surface area (Å²) in [6, 6.07) is 0. The molecule has 1 fully saturated rings. The molecule has 1 aromatic heterocycles. The molecule has 0 saturated carbocycles. The number of aromatic nitrogens is 1. The number of halogens is 4. The lowest BCUT2D eigenvalue weighted by Crippen LogP contribution is -2.41. The zero-order chi connectivity index (χ0) is 14.9. The van der Waals surface area contributed by atoms with Crippen LogP contribution in [0.5, 0.6) is 0 Å². The van der Waals surface area contributed by atoms with Gasteiger partial charge in [0.15, 0.2) is 0 Å². The summed E-state index contributed by atoms with van der Waals surface area (Å²) in [6.45, 7) is 0.427. The summed E-state index contributed by atoms with van der Waals surface area (Å²) < 4.78 is 39.5. The van der Waals surface area contributed by atoms with Crippen LogP contribution in [0.25, 0.3) is 0 Å². The fourth-order valence-corrected chi connectivity index (χ4v) is 3.31. The summed E-state index contributed by atoms with van der Waals surface area (Å²) in [5, 5.41) is -0.196. The van der Waals surface area contributed by atoms with Crippen LogP contribution in [0.15, 0.2) is 4.79 Å². The van der Waals surface area contributed by atoms with Gasteiger partial charge in [-0.3, -0.25) is 14.0 Å². The number of alkyl halides is 3. The second-order valence-corrected chi connectivity index (χ2v) is 5.95. The molecule has 1 N–H and O–H groups in total. The van der Waals surface area contributed by atoms with E-state index in [9.17, 15) is 22.8 Å². The van der Waals surface area contributed by atoms with E-state index in [1.165, 1.54) is 4.90 Å². The minimum atomic E-state index is -4.23. The normalized spacial score (nSPS) is 20.2. The highest BCUT2D eigenvalue weighted by Crippen LogP contribution is 2.31. The second kappa shape index (κ2) is 5.77. The Kier molecular flexibility index (Phi) is 4.43. The molecule has 0 bridgehead atoms. The van der Waals surface area contributed by atoms with Gasteiger partial charge in [0.25, 0.3) is 11.5 Å². The predicted molar refractivity (Wildman–Crippen MR) is 69.2 cm³/mol. The Balaban J connectivity index is 2.07. The molecule has 2 rings (SSSR count). The van der Waals surface area contributed by atoms with Gasteiger partial charge in [-0.05, 0) is 18.8 Å². The Morgan fingerprint density at radius 1 is 1.50 bits per heavy atom. The third-order valence-electron chi connectivity index (χ3n) is 3.17. The van der Waals surface area contributed by atoms with E-state index in [0.29, 0.717) is 19.4 Å². The maximum Gasteiger partial charge on any atom is 0.389 e. The molecule has 2 heterocycles. The number of piperidine rings is 1. The molecule has 1 unspecified atom stereocenters. The fraction of sp³-hybridized carbons (Fsp3) is 0.636. The van der Waals surface area contributed by atoms with Crippen LogP contribution in [-0.4, -0.2) is 34.4 Å². The van der Waals surface area contributed by atoms with E-state index >= 15 is 0 Å². The standard InChI is InChI=1S/C11H12ClF3N2O2S/c12-7-8(20-16-9(7)18)10(19)17-3-1-2-6(5-17)4-11(13,14)15/h6H,1-5H2,(H,16,18). The quantitative estimate of drug-likeness (QED) is 0.907. The van der Waals surface area contributed by atoms with E-state index in [0.717, 1.165) is 11.5 Å². The van der Waals surface area contributed by atoms with Crippen LogP contribution in [0, 0.1) is 5.92 Å². The van der Waals surface area contributed by atoms with Crippen molar-refractivity contribution in [2.45, 2.75) is 25.4 Å². The van der Waals surface area contributed by atoms with Crippen LogP contribution in [0.2, 0.25) is 5.02 Å². The molecule has 1 aliphatic heterocycles. The molecule has 1 aromatic rings. The smallest absolute Gasteiger partial charge is 0.338 e. The molecule has 4 nitrogen and oxygen atoms in total. The molecule has 0 aliphatic carbocycles. The Labute approximate surface area is 121 Å². The molecular formula is C11H12ClF3N2O2S. The third kappa shape index (κ3) is 3.54. The maximum absolute atomic E-state index is 12.4. The van der Waals surface area contributed by atoms with Gasteiger partial charge in [0.2, 0.25) is 0 Å². The molecule has 9 heteroatoms. The van der Waals surface area contributed by atoms with E-state index in [4.69, 9.17) is 11.6 Å². The van der Waals surface area contributed by atoms with E-state index in [-0.39, 0.29) is 16.4 Å².